The molecule has 0 aliphatic heterocycles. The fourth-order valence-corrected chi connectivity index (χ4v) is 1.88. The van der Waals surface area contributed by atoms with Gasteiger partial charge in [-0.1, -0.05) is 0 Å². The van der Waals surface area contributed by atoms with Crippen molar-refractivity contribution in [3.8, 4) is 10.6 Å². The number of hydrogen-bond donors (Lipinski definition) is 2. The van der Waals surface area contributed by atoms with Gasteiger partial charge >= 0.3 is 5.97 Å². The van der Waals surface area contributed by atoms with Crippen LogP contribution in [0.1, 0.15) is 16.2 Å². The molecule has 6 heteroatoms. The fraction of sp³-hybridized carbons (Fsp3) is 0.125. The van der Waals surface area contributed by atoms with Crippen molar-refractivity contribution in [2.24, 2.45) is 0 Å². The Hall–Kier alpha value is -1.69. The maximum atomic E-state index is 10.6. The minimum Gasteiger partial charge on any atom is -0.476 e. The van der Waals surface area contributed by atoms with Crippen LogP contribution in [-0.2, 0) is 0 Å². The molecule has 72 valence electrons. The summed E-state index contributed by atoms with van der Waals surface area (Å²) >= 11 is 1.45. The van der Waals surface area contributed by atoms with E-state index in [-0.39, 0.29) is 5.69 Å². The zero-order valence-corrected chi connectivity index (χ0v) is 8.13. The summed E-state index contributed by atoms with van der Waals surface area (Å²) < 4.78 is 0. The van der Waals surface area contributed by atoms with Crippen molar-refractivity contribution >= 4 is 17.3 Å². The van der Waals surface area contributed by atoms with E-state index in [0.29, 0.717) is 5.69 Å². The Morgan fingerprint density at radius 1 is 1.64 bits per heavy atom. The smallest absolute Gasteiger partial charge is 0.356 e. The number of thiazole rings is 1. The molecule has 0 saturated carbocycles. The Kier molecular flexibility index (Phi) is 2.05. The number of H-pyrrole nitrogens is 1. The highest BCUT2D eigenvalue weighted by atomic mass is 32.1. The molecule has 5 nitrogen and oxygen atoms in total. The number of rotatable bonds is 2. The lowest BCUT2D eigenvalue weighted by Gasteiger charge is -1.90. The molecule has 0 saturated heterocycles. The van der Waals surface area contributed by atoms with Crippen molar-refractivity contribution in [3.63, 3.8) is 0 Å². The van der Waals surface area contributed by atoms with Crippen LogP contribution in [0.3, 0.4) is 0 Å². The van der Waals surface area contributed by atoms with Crippen molar-refractivity contribution in [1.82, 2.24) is 15.2 Å². The molecule has 2 rings (SSSR count). The average molecular weight is 209 g/mol. The van der Waals surface area contributed by atoms with Crippen LogP contribution < -0.4 is 0 Å². The molecule has 0 aromatic carbocycles. The third-order valence-corrected chi connectivity index (χ3v) is 2.75. The summed E-state index contributed by atoms with van der Waals surface area (Å²) in [4.78, 5) is 15.6. The molecule has 0 fully saturated rings. The van der Waals surface area contributed by atoms with E-state index in [4.69, 9.17) is 5.11 Å². The van der Waals surface area contributed by atoms with Gasteiger partial charge in [0, 0.05) is 0 Å². The topological polar surface area (TPSA) is 78.9 Å². The fourth-order valence-electron chi connectivity index (χ4n) is 1.11. The van der Waals surface area contributed by atoms with Gasteiger partial charge in [-0.15, -0.1) is 11.3 Å². The van der Waals surface area contributed by atoms with Gasteiger partial charge in [0.05, 0.1) is 21.8 Å². The molecule has 0 aliphatic carbocycles. The van der Waals surface area contributed by atoms with E-state index in [0.717, 1.165) is 10.6 Å². The van der Waals surface area contributed by atoms with Crippen LogP contribution in [0.25, 0.3) is 10.6 Å². The summed E-state index contributed by atoms with van der Waals surface area (Å²) in [5.41, 5.74) is 3.30. The van der Waals surface area contributed by atoms with Gasteiger partial charge in [0.15, 0.2) is 5.69 Å². The molecule has 14 heavy (non-hydrogen) atoms. The second-order valence-electron chi connectivity index (χ2n) is 2.74. The Balaban J connectivity index is 2.43. The first-order valence-corrected chi connectivity index (χ1v) is 4.75. The summed E-state index contributed by atoms with van der Waals surface area (Å²) in [6, 6.07) is 1.50. The Labute approximate surface area is 83.4 Å². The number of nitrogens with zero attached hydrogens (tertiary/aromatic N) is 2. The zero-order valence-electron chi connectivity index (χ0n) is 7.31. The van der Waals surface area contributed by atoms with Crippen molar-refractivity contribution in [2.45, 2.75) is 6.92 Å². The van der Waals surface area contributed by atoms with Crippen LogP contribution in [-0.4, -0.2) is 26.3 Å². The van der Waals surface area contributed by atoms with Crippen LogP contribution in [0.2, 0.25) is 0 Å². The molecule has 0 radical (unpaired) electrons. The molecule has 0 atom stereocenters. The summed E-state index contributed by atoms with van der Waals surface area (Å²) in [6.07, 6.45) is 0. The van der Waals surface area contributed by atoms with Crippen LogP contribution >= 0.6 is 11.3 Å². The van der Waals surface area contributed by atoms with Gasteiger partial charge in [0.1, 0.15) is 0 Å². The summed E-state index contributed by atoms with van der Waals surface area (Å²) in [5.74, 6) is -1.03. The first kappa shape index (κ1) is 8.89. The molecule has 2 heterocycles. The standard InChI is InChI=1S/C8H7N3O2S/c1-4-7(14-3-9-4)5-2-6(8(12)13)11-10-5/h2-3H,1H3,(H,10,11)(H,12,13). The largest absolute Gasteiger partial charge is 0.476 e. The van der Waals surface area contributed by atoms with Gasteiger partial charge < -0.3 is 5.11 Å². The molecule has 0 spiro atoms. The maximum absolute atomic E-state index is 10.6. The van der Waals surface area contributed by atoms with Gasteiger partial charge in [-0.25, -0.2) is 9.78 Å². The van der Waals surface area contributed by atoms with E-state index in [1.165, 1.54) is 17.4 Å². The first-order valence-electron chi connectivity index (χ1n) is 3.87. The third kappa shape index (κ3) is 1.39. The lowest BCUT2D eigenvalue weighted by Crippen LogP contribution is -1.95. The van der Waals surface area contributed by atoms with E-state index in [1.807, 2.05) is 6.92 Å². The van der Waals surface area contributed by atoms with Gasteiger partial charge in [-0.2, -0.15) is 5.10 Å². The zero-order chi connectivity index (χ0) is 10.1. The van der Waals surface area contributed by atoms with Crippen molar-refractivity contribution in [2.75, 3.05) is 0 Å². The second-order valence-corrected chi connectivity index (χ2v) is 3.59. The third-order valence-electron chi connectivity index (χ3n) is 1.79. The van der Waals surface area contributed by atoms with Crippen LogP contribution in [0.4, 0.5) is 0 Å². The monoisotopic (exact) mass is 209 g/mol. The minimum absolute atomic E-state index is 0.0211. The van der Waals surface area contributed by atoms with Crippen LogP contribution in [0.5, 0.6) is 0 Å². The predicted molar refractivity (Wildman–Crippen MR) is 51.4 cm³/mol. The van der Waals surface area contributed by atoms with Gasteiger partial charge in [-0.05, 0) is 13.0 Å². The molecule has 2 N–H and O–H groups in total. The summed E-state index contributed by atoms with van der Waals surface area (Å²) in [7, 11) is 0. The van der Waals surface area contributed by atoms with Gasteiger partial charge in [-0.3, -0.25) is 5.10 Å². The predicted octanol–water partition coefficient (Wildman–Crippen LogP) is 1.54. The highest BCUT2D eigenvalue weighted by Gasteiger charge is 2.12. The van der Waals surface area contributed by atoms with E-state index < -0.39 is 5.97 Å². The van der Waals surface area contributed by atoms with Crippen molar-refractivity contribution < 1.29 is 9.90 Å². The molecule has 0 aliphatic rings. The SMILES string of the molecule is Cc1ncsc1-c1cc(C(=O)O)n[nH]1. The lowest BCUT2D eigenvalue weighted by molar-refractivity contribution is 0.0690. The summed E-state index contributed by atoms with van der Waals surface area (Å²) in [5, 5.41) is 15.0. The van der Waals surface area contributed by atoms with Crippen molar-refractivity contribution in [1.29, 1.82) is 0 Å². The number of carbonyl (C=O) groups is 1. The van der Waals surface area contributed by atoms with E-state index in [1.54, 1.807) is 5.51 Å². The quantitative estimate of drug-likeness (QED) is 0.786. The normalized spacial score (nSPS) is 10.4. The average Bonchev–Trinajstić information content (AvgIpc) is 2.71. The first-order chi connectivity index (χ1) is 6.68. The molecule has 2 aromatic rings. The number of carboxylic acids is 1. The minimum atomic E-state index is -1.03. The number of carboxylic acid groups (broad SMARTS) is 1. The second kappa shape index (κ2) is 3.22. The maximum Gasteiger partial charge on any atom is 0.356 e. The van der Waals surface area contributed by atoms with Crippen LogP contribution in [0.15, 0.2) is 11.6 Å². The van der Waals surface area contributed by atoms with Gasteiger partial charge in [0.25, 0.3) is 0 Å². The van der Waals surface area contributed by atoms with E-state index in [2.05, 4.69) is 15.2 Å². The van der Waals surface area contributed by atoms with Crippen molar-refractivity contribution in [3.05, 3.63) is 23.0 Å². The highest BCUT2D eigenvalue weighted by molar-refractivity contribution is 7.13. The molecule has 2 aromatic heterocycles. The Morgan fingerprint density at radius 2 is 2.43 bits per heavy atom. The van der Waals surface area contributed by atoms with E-state index in [9.17, 15) is 4.79 Å². The van der Waals surface area contributed by atoms with E-state index >= 15 is 0 Å². The number of aromatic nitrogens is 3. The number of nitrogens with one attached hydrogen (secondary N) is 1. The molecule has 0 bridgehead atoms. The Morgan fingerprint density at radius 3 is 2.93 bits per heavy atom. The van der Waals surface area contributed by atoms with Gasteiger partial charge in [0.2, 0.25) is 0 Å². The lowest BCUT2D eigenvalue weighted by atomic mass is 10.3. The van der Waals surface area contributed by atoms with Crippen LogP contribution in [0, 0.1) is 6.92 Å². The number of aromatic carboxylic acids is 1. The molecular formula is C8H7N3O2S. The Bertz CT molecular complexity index is 474. The highest BCUT2D eigenvalue weighted by Crippen LogP contribution is 2.25. The number of aromatic amines is 1. The molecular weight excluding hydrogens is 202 g/mol. The number of hydrogen-bond acceptors (Lipinski definition) is 4. The summed E-state index contributed by atoms with van der Waals surface area (Å²) in [6.45, 7) is 1.87. The number of aryl methyl sites for hydroxylation is 1. The molecule has 0 amide bonds. The molecule has 0 unspecified atom stereocenters.